The standard InChI is InChI=1S/C23H22ClN5O/c1-15-6-7-17(24)14-18(15)26-23(30)16-8-12-28(13-9-16)22-20-5-3-11-29(20)19-4-2-10-25-21(19)27-22/h2-7,10-11,14,16H,8-9,12-13H2,1H3,(H,26,30). The number of rotatable bonds is 3. The van der Waals surface area contributed by atoms with Crippen LogP contribution in [0.3, 0.4) is 0 Å². The summed E-state index contributed by atoms with van der Waals surface area (Å²) in [6.45, 7) is 3.52. The number of carbonyl (C=O) groups excluding carboxylic acids is 1. The van der Waals surface area contributed by atoms with Gasteiger partial charge in [0.25, 0.3) is 0 Å². The third-order valence-corrected chi connectivity index (χ3v) is 6.07. The lowest BCUT2D eigenvalue weighted by Gasteiger charge is -2.32. The summed E-state index contributed by atoms with van der Waals surface area (Å²) in [5, 5.41) is 3.68. The molecule has 1 aliphatic heterocycles. The number of hydrogen-bond acceptors (Lipinski definition) is 4. The lowest BCUT2D eigenvalue weighted by molar-refractivity contribution is -0.120. The summed E-state index contributed by atoms with van der Waals surface area (Å²) < 4.78 is 2.13. The minimum Gasteiger partial charge on any atom is -0.355 e. The number of hydrogen-bond donors (Lipinski definition) is 1. The fraction of sp³-hybridized carbons (Fsp3) is 0.261. The van der Waals surface area contributed by atoms with Gasteiger partial charge < -0.3 is 14.6 Å². The van der Waals surface area contributed by atoms with Gasteiger partial charge in [0, 0.05) is 42.1 Å². The predicted molar refractivity (Wildman–Crippen MR) is 120 cm³/mol. The van der Waals surface area contributed by atoms with Crippen LogP contribution in [0.15, 0.2) is 54.9 Å². The van der Waals surface area contributed by atoms with Gasteiger partial charge in [-0.3, -0.25) is 4.79 Å². The number of pyridine rings is 1. The highest BCUT2D eigenvalue weighted by atomic mass is 35.5. The van der Waals surface area contributed by atoms with Gasteiger partial charge in [-0.05, 0) is 61.7 Å². The molecule has 0 radical (unpaired) electrons. The van der Waals surface area contributed by atoms with Crippen LogP contribution in [0, 0.1) is 12.8 Å². The topological polar surface area (TPSA) is 62.5 Å². The molecule has 7 heteroatoms. The summed E-state index contributed by atoms with van der Waals surface area (Å²) >= 11 is 6.08. The van der Waals surface area contributed by atoms with Gasteiger partial charge in [0.05, 0.1) is 11.0 Å². The number of aromatic nitrogens is 3. The summed E-state index contributed by atoms with van der Waals surface area (Å²) in [5.74, 6) is 0.956. The van der Waals surface area contributed by atoms with Crippen LogP contribution in [-0.4, -0.2) is 33.4 Å². The van der Waals surface area contributed by atoms with E-state index in [1.165, 1.54) is 0 Å². The Kier molecular flexibility index (Phi) is 4.79. The van der Waals surface area contributed by atoms with Crippen molar-refractivity contribution in [1.82, 2.24) is 14.4 Å². The molecule has 0 atom stereocenters. The molecule has 6 nitrogen and oxygen atoms in total. The van der Waals surface area contributed by atoms with Gasteiger partial charge in [-0.1, -0.05) is 17.7 Å². The minimum atomic E-state index is -0.0268. The first-order valence-electron chi connectivity index (χ1n) is 10.1. The van der Waals surface area contributed by atoms with Crippen molar-refractivity contribution in [3.63, 3.8) is 0 Å². The molecule has 4 aromatic rings. The maximum atomic E-state index is 12.8. The Balaban J connectivity index is 1.34. The van der Waals surface area contributed by atoms with Crippen LogP contribution < -0.4 is 10.2 Å². The zero-order valence-electron chi connectivity index (χ0n) is 16.7. The number of benzene rings is 1. The van der Waals surface area contributed by atoms with Crippen LogP contribution in [0.25, 0.3) is 16.7 Å². The van der Waals surface area contributed by atoms with Crippen molar-refractivity contribution in [3.8, 4) is 0 Å². The van der Waals surface area contributed by atoms with Crippen molar-refractivity contribution in [2.45, 2.75) is 19.8 Å². The first-order chi connectivity index (χ1) is 14.6. The quantitative estimate of drug-likeness (QED) is 0.522. The molecule has 3 aromatic heterocycles. The number of carbonyl (C=O) groups is 1. The fourth-order valence-electron chi connectivity index (χ4n) is 4.14. The zero-order chi connectivity index (χ0) is 20.7. The highest BCUT2D eigenvalue weighted by Gasteiger charge is 2.27. The Hall–Kier alpha value is -3.12. The molecule has 1 fully saturated rings. The van der Waals surface area contributed by atoms with Crippen LogP contribution in [-0.2, 0) is 4.79 Å². The van der Waals surface area contributed by atoms with E-state index in [2.05, 4.69) is 25.7 Å². The van der Waals surface area contributed by atoms with Crippen LogP contribution in [0.1, 0.15) is 18.4 Å². The average molecular weight is 420 g/mol. The molecule has 1 aromatic carbocycles. The summed E-state index contributed by atoms with van der Waals surface area (Å²) in [6.07, 6.45) is 5.36. The average Bonchev–Trinajstić information content (AvgIpc) is 3.26. The van der Waals surface area contributed by atoms with Gasteiger partial charge in [0.1, 0.15) is 0 Å². The van der Waals surface area contributed by atoms with Crippen LogP contribution in [0.2, 0.25) is 5.02 Å². The zero-order valence-corrected chi connectivity index (χ0v) is 17.4. The number of piperidine rings is 1. The van der Waals surface area contributed by atoms with Crippen molar-refractivity contribution in [1.29, 1.82) is 0 Å². The first kappa shape index (κ1) is 18.9. The molecule has 1 aliphatic rings. The molecule has 152 valence electrons. The second-order valence-electron chi connectivity index (χ2n) is 7.75. The third-order valence-electron chi connectivity index (χ3n) is 5.84. The molecule has 0 spiro atoms. The molecular formula is C23H22ClN5O. The highest BCUT2D eigenvalue weighted by Crippen LogP contribution is 2.29. The highest BCUT2D eigenvalue weighted by molar-refractivity contribution is 6.31. The third kappa shape index (κ3) is 3.37. The smallest absolute Gasteiger partial charge is 0.227 e. The number of halogens is 1. The largest absolute Gasteiger partial charge is 0.355 e. The normalized spacial score (nSPS) is 15.1. The van der Waals surface area contributed by atoms with E-state index < -0.39 is 0 Å². The van der Waals surface area contributed by atoms with Crippen molar-refractivity contribution in [2.24, 2.45) is 5.92 Å². The Labute approximate surface area is 179 Å². The molecular weight excluding hydrogens is 398 g/mol. The molecule has 1 saturated heterocycles. The van der Waals surface area contributed by atoms with E-state index in [0.29, 0.717) is 5.02 Å². The summed E-state index contributed by atoms with van der Waals surface area (Å²) in [7, 11) is 0. The van der Waals surface area contributed by atoms with E-state index >= 15 is 0 Å². The second kappa shape index (κ2) is 7.61. The monoisotopic (exact) mass is 419 g/mol. The predicted octanol–water partition coefficient (Wildman–Crippen LogP) is 4.70. The Morgan fingerprint density at radius 2 is 1.93 bits per heavy atom. The minimum absolute atomic E-state index is 0.0268. The Bertz CT molecular complexity index is 1240. The van der Waals surface area contributed by atoms with E-state index in [-0.39, 0.29) is 11.8 Å². The molecule has 0 bridgehead atoms. The van der Waals surface area contributed by atoms with Crippen LogP contribution >= 0.6 is 11.6 Å². The molecule has 0 unspecified atom stereocenters. The number of nitrogens with zero attached hydrogens (tertiary/aromatic N) is 4. The molecule has 0 saturated carbocycles. The van der Waals surface area contributed by atoms with Gasteiger partial charge in [-0.2, -0.15) is 0 Å². The van der Waals surface area contributed by atoms with Gasteiger partial charge >= 0.3 is 0 Å². The molecule has 1 amide bonds. The number of anilines is 2. The number of amides is 1. The lowest BCUT2D eigenvalue weighted by atomic mass is 9.95. The molecule has 4 heterocycles. The van der Waals surface area contributed by atoms with E-state index in [1.54, 1.807) is 12.3 Å². The Morgan fingerprint density at radius 3 is 2.77 bits per heavy atom. The van der Waals surface area contributed by atoms with Gasteiger partial charge in [0.15, 0.2) is 11.5 Å². The van der Waals surface area contributed by atoms with E-state index in [1.807, 2.05) is 43.5 Å². The van der Waals surface area contributed by atoms with Gasteiger partial charge in [-0.15, -0.1) is 0 Å². The summed E-state index contributed by atoms with van der Waals surface area (Å²) in [4.78, 5) is 24.4. The van der Waals surface area contributed by atoms with E-state index in [9.17, 15) is 4.79 Å². The van der Waals surface area contributed by atoms with E-state index in [0.717, 1.165) is 59.7 Å². The maximum absolute atomic E-state index is 12.8. The number of aryl methyl sites for hydroxylation is 1. The van der Waals surface area contributed by atoms with Crippen molar-refractivity contribution < 1.29 is 4.79 Å². The molecule has 1 N–H and O–H groups in total. The van der Waals surface area contributed by atoms with Crippen molar-refractivity contribution in [2.75, 3.05) is 23.3 Å². The van der Waals surface area contributed by atoms with Crippen LogP contribution in [0.4, 0.5) is 11.5 Å². The fourth-order valence-corrected chi connectivity index (χ4v) is 4.32. The first-order valence-corrected chi connectivity index (χ1v) is 10.5. The lowest BCUT2D eigenvalue weighted by Crippen LogP contribution is -2.38. The maximum Gasteiger partial charge on any atom is 0.227 e. The number of fused-ring (bicyclic) bond motifs is 3. The molecule has 0 aliphatic carbocycles. The van der Waals surface area contributed by atoms with Crippen molar-refractivity contribution in [3.05, 3.63) is 65.4 Å². The van der Waals surface area contributed by atoms with E-state index in [4.69, 9.17) is 16.6 Å². The SMILES string of the molecule is Cc1ccc(Cl)cc1NC(=O)C1CCN(c2nc3ncccc3n3cccc23)CC1. The number of nitrogens with one attached hydrogen (secondary N) is 1. The summed E-state index contributed by atoms with van der Waals surface area (Å²) in [5.41, 5.74) is 4.58. The molecule has 5 rings (SSSR count). The van der Waals surface area contributed by atoms with Gasteiger partial charge in [-0.25, -0.2) is 9.97 Å². The van der Waals surface area contributed by atoms with Gasteiger partial charge in [0.2, 0.25) is 5.91 Å². The van der Waals surface area contributed by atoms with Crippen molar-refractivity contribution >= 4 is 45.7 Å². The summed E-state index contributed by atoms with van der Waals surface area (Å²) in [6, 6.07) is 13.6. The van der Waals surface area contributed by atoms with Crippen LogP contribution in [0.5, 0.6) is 0 Å². The second-order valence-corrected chi connectivity index (χ2v) is 8.19. The Morgan fingerprint density at radius 1 is 1.13 bits per heavy atom. The molecule has 30 heavy (non-hydrogen) atoms.